The van der Waals surface area contributed by atoms with Crippen LogP contribution in [0.3, 0.4) is 0 Å². The highest BCUT2D eigenvalue weighted by molar-refractivity contribution is 5.86. The van der Waals surface area contributed by atoms with E-state index in [0.717, 1.165) is 44.8 Å². The molecule has 5 aromatic carbocycles. The maximum atomic E-state index is 5.13. The van der Waals surface area contributed by atoms with Crippen molar-refractivity contribution in [3.63, 3.8) is 0 Å². The number of para-hydroxylation sites is 3. The smallest absolute Gasteiger partial charge is 0.166 e. The number of fused-ring (bicyclic) bond motifs is 1. The summed E-state index contributed by atoms with van der Waals surface area (Å²) in [6.45, 7) is 4.43. The molecule has 5 nitrogen and oxygen atoms in total. The van der Waals surface area contributed by atoms with Crippen LogP contribution in [0.25, 0.3) is 62.3 Å². The third-order valence-electron chi connectivity index (χ3n) is 7.46. The Morgan fingerprint density at radius 3 is 1.76 bits per heavy atom. The molecule has 0 fully saturated rings. The number of aromatic nitrogens is 5. The van der Waals surface area contributed by atoms with Crippen molar-refractivity contribution in [2.24, 2.45) is 0 Å². The molecule has 0 radical (unpaired) electrons. The van der Waals surface area contributed by atoms with Gasteiger partial charge < -0.3 is 0 Å². The van der Waals surface area contributed by atoms with E-state index in [1.807, 2.05) is 72.8 Å². The Labute approximate surface area is 245 Å². The zero-order valence-corrected chi connectivity index (χ0v) is 23.5. The largest absolute Gasteiger partial charge is 0.292 e. The highest BCUT2D eigenvalue weighted by Crippen LogP contribution is 2.35. The predicted molar refractivity (Wildman–Crippen MR) is 170 cm³/mol. The lowest BCUT2D eigenvalue weighted by molar-refractivity contribution is 0.866. The van der Waals surface area contributed by atoms with Crippen LogP contribution in [0, 0.1) is 0 Å². The molecule has 0 saturated carbocycles. The van der Waals surface area contributed by atoms with Gasteiger partial charge in [-0.25, -0.2) is 19.9 Å². The van der Waals surface area contributed by atoms with Crippen molar-refractivity contribution in [2.75, 3.05) is 0 Å². The second kappa shape index (κ2) is 10.9. The van der Waals surface area contributed by atoms with Crippen molar-refractivity contribution in [1.82, 2.24) is 24.5 Å². The molecule has 0 spiro atoms. The Hall–Kier alpha value is -5.42. The number of imidazole rings is 1. The van der Waals surface area contributed by atoms with Gasteiger partial charge in [-0.15, -0.1) is 0 Å². The summed E-state index contributed by atoms with van der Waals surface area (Å²) in [5.41, 5.74) is 8.04. The van der Waals surface area contributed by atoms with E-state index in [1.165, 1.54) is 5.56 Å². The number of rotatable bonds is 6. The van der Waals surface area contributed by atoms with Gasteiger partial charge in [-0.05, 0) is 41.8 Å². The molecule has 7 rings (SSSR count). The third kappa shape index (κ3) is 4.75. The molecule has 0 N–H and O–H groups in total. The number of hydrogen-bond acceptors (Lipinski definition) is 4. The zero-order chi connectivity index (χ0) is 28.5. The first kappa shape index (κ1) is 25.5. The molecule has 2 aromatic heterocycles. The van der Waals surface area contributed by atoms with E-state index >= 15 is 0 Å². The quantitative estimate of drug-likeness (QED) is 0.210. The van der Waals surface area contributed by atoms with E-state index in [4.69, 9.17) is 19.9 Å². The van der Waals surface area contributed by atoms with Gasteiger partial charge in [0.2, 0.25) is 0 Å². The van der Waals surface area contributed by atoms with Gasteiger partial charge in [0.1, 0.15) is 5.82 Å². The lowest BCUT2D eigenvalue weighted by atomic mass is 10.0. The molecule has 0 atom stereocenters. The zero-order valence-electron chi connectivity index (χ0n) is 23.5. The van der Waals surface area contributed by atoms with E-state index in [0.29, 0.717) is 23.4 Å². The topological polar surface area (TPSA) is 56.5 Å². The molecule has 0 aliphatic rings. The summed E-state index contributed by atoms with van der Waals surface area (Å²) in [5.74, 6) is 3.17. The summed E-state index contributed by atoms with van der Waals surface area (Å²) >= 11 is 0. The first-order valence-corrected chi connectivity index (χ1v) is 14.2. The first-order valence-electron chi connectivity index (χ1n) is 14.2. The van der Waals surface area contributed by atoms with Crippen molar-refractivity contribution in [3.8, 4) is 51.2 Å². The van der Waals surface area contributed by atoms with Crippen LogP contribution >= 0.6 is 0 Å². The van der Waals surface area contributed by atoms with Gasteiger partial charge in [0.05, 0.1) is 16.7 Å². The van der Waals surface area contributed by atoms with Crippen molar-refractivity contribution in [1.29, 1.82) is 0 Å². The van der Waals surface area contributed by atoms with Crippen LogP contribution in [0.2, 0.25) is 0 Å². The molecule has 0 bridgehead atoms. The average Bonchev–Trinajstić information content (AvgIpc) is 3.45. The standard InChI is InChI=1S/C37H29N5/c1-25(2)28-18-13-19-29(24-28)37-38-31-21-10-12-23-33(31)42(37)32-22-11-9-20-30(32)36-40-34(26-14-5-3-6-15-26)39-35(41-36)27-16-7-4-8-17-27/h3-25H,1-2H3. The molecule has 2 heterocycles. The van der Waals surface area contributed by atoms with Crippen LogP contribution in [0.4, 0.5) is 0 Å². The molecule has 0 saturated heterocycles. The van der Waals surface area contributed by atoms with Crippen molar-refractivity contribution in [2.45, 2.75) is 19.8 Å². The van der Waals surface area contributed by atoms with Gasteiger partial charge in [0, 0.05) is 22.3 Å². The number of benzene rings is 5. The summed E-state index contributed by atoms with van der Waals surface area (Å²) in [4.78, 5) is 20.1. The maximum absolute atomic E-state index is 5.13. The Balaban J connectivity index is 1.49. The summed E-state index contributed by atoms with van der Waals surface area (Å²) in [6.07, 6.45) is 0. The first-order chi connectivity index (χ1) is 20.7. The molecule has 0 aliphatic carbocycles. The highest BCUT2D eigenvalue weighted by atomic mass is 15.1. The van der Waals surface area contributed by atoms with Crippen LogP contribution in [0.15, 0.2) is 133 Å². The van der Waals surface area contributed by atoms with Crippen molar-refractivity contribution >= 4 is 11.0 Å². The van der Waals surface area contributed by atoms with E-state index < -0.39 is 0 Å². The van der Waals surface area contributed by atoms with Crippen LogP contribution in [0.5, 0.6) is 0 Å². The van der Waals surface area contributed by atoms with Gasteiger partial charge in [0.15, 0.2) is 17.5 Å². The molecule has 0 amide bonds. The summed E-state index contributed by atoms with van der Waals surface area (Å²) in [7, 11) is 0. The third-order valence-corrected chi connectivity index (χ3v) is 7.46. The van der Waals surface area contributed by atoms with Crippen LogP contribution in [-0.2, 0) is 0 Å². The highest BCUT2D eigenvalue weighted by Gasteiger charge is 2.20. The fraction of sp³-hybridized carbons (Fsp3) is 0.0811. The Bertz CT molecular complexity index is 1950. The van der Waals surface area contributed by atoms with E-state index in [-0.39, 0.29) is 0 Å². The SMILES string of the molecule is CC(C)c1cccc(-c2nc3ccccc3n2-c2ccccc2-c2nc(-c3ccccc3)nc(-c3ccccc3)n2)c1. The van der Waals surface area contributed by atoms with Crippen molar-refractivity contribution < 1.29 is 0 Å². The van der Waals surface area contributed by atoms with E-state index in [9.17, 15) is 0 Å². The Morgan fingerprint density at radius 2 is 1.07 bits per heavy atom. The predicted octanol–water partition coefficient (Wildman–Crippen LogP) is 9.00. The molecule has 0 unspecified atom stereocenters. The normalized spacial score (nSPS) is 11.3. The fourth-order valence-corrected chi connectivity index (χ4v) is 5.29. The minimum absolute atomic E-state index is 0.410. The second-order valence-electron chi connectivity index (χ2n) is 10.6. The van der Waals surface area contributed by atoms with Gasteiger partial charge in [0.25, 0.3) is 0 Å². The Morgan fingerprint density at radius 1 is 0.500 bits per heavy atom. The molecular formula is C37H29N5. The molecule has 5 heteroatoms. The molecular weight excluding hydrogens is 514 g/mol. The lowest BCUT2D eigenvalue weighted by Gasteiger charge is -2.16. The molecule has 0 aliphatic heterocycles. The van der Waals surface area contributed by atoms with Crippen molar-refractivity contribution in [3.05, 3.63) is 139 Å². The van der Waals surface area contributed by atoms with Gasteiger partial charge in [-0.2, -0.15) is 0 Å². The molecule has 202 valence electrons. The summed E-state index contributed by atoms with van der Waals surface area (Å²) in [5, 5.41) is 0. The molecule has 42 heavy (non-hydrogen) atoms. The fourth-order valence-electron chi connectivity index (χ4n) is 5.29. The van der Waals surface area contributed by atoms with Crippen LogP contribution in [0.1, 0.15) is 25.3 Å². The summed E-state index contributed by atoms with van der Waals surface area (Å²) < 4.78 is 2.23. The Kier molecular flexibility index (Phi) is 6.61. The maximum Gasteiger partial charge on any atom is 0.166 e. The minimum Gasteiger partial charge on any atom is -0.292 e. The second-order valence-corrected chi connectivity index (χ2v) is 10.6. The monoisotopic (exact) mass is 543 g/mol. The number of hydrogen-bond donors (Lipinski definition) is 0. The van der Waals surface area contributed by atoms with Gasteiger partial charge >= 0.3 is 0 Å². The summed E-state index contributed by atoms with van der Waals surface area (Å²) in [6, 6.07) is 45.4. The average molecular weight is 544 g/mol. The minimum atomic E-state index is 0.410. The van der Waals surface area contributed by atoms with Crippen LogP contribution in [-0.4, -0.2) is 24.5 Å². The molecule has 7 aromatic rings. The van der Waals surface area contributed by atoms with Gasteiger partial charge in [-0.1, -0.05) is 117 Å². The van der Waals surface area contributed by atoms with E-state index in [1.54, 1.807) is 0 Å². The van der Waals surface area contributed by atoms with E-state index in [2.05, 4.69) is 79.1 Å². The lowest BCUT2D eigenvalue weighted by Crippen LogP contribution is -2.04. The van der Waals surface area contributed by atoms with Gasteiger partial charge in [-0.3, -0.25) is 4.57 Å². The van der Waals surface area contributed by atoms with Crippen LogP contribution < -0.4 is 0 Å². The number of nitrogens with zero attached hydrogens (tertiary/aromatic N) is 5.